The van der Waals surface area contributed by atoms with Crippen molar-refractivity contribution in [1.29, 1.82) is 0 Å². The maximum atomic E-state index is 12.8. The maximum Gasteiger partial charge on any atom is 0.229 e. The van der Waals surface area contributed by atoms with E-state index in [-0.39, 0.29) is 5.91 Å². The molecule has 156 valence electrons. The zero-order valence-electron chi connectivity index (χ0n) is 17.9. The third kappa shape index (κ3) is 4.00. The molecule has 0 saturated heterocycles. The first kappa shape index (κ1) is 21.0. The van der Waals surface area contributed by atoms with Gasteiger partial charge >= 0.3 is 0 Å². The summed E-state index contributed by atoms with van der Waals surface area (Å²) < 4.78 is 26.6. The Morgan fingerprint density at radius 1 is 1.07 bits per heavy atom. The van der Waals surface area contributed by atoms with Gasteiger partial charge in [0.2, 0.25) is 15.9 Å². The first-order chi connectivity index (χ1) is 12.9. The van der Waals surface area contributed by atoms with E-state index in [1.807, 2.05) is 34.6 Å². The molecule has 0 radical (unpaired) electrons. The maximum absolute atomic E-state index is 12.8. The van der Waals surface area contributed by atoms with Crippen LogP contribution in [0.25, 0.3) is 0 Å². The second-order valence-corrected chi connectivity index (χ2v) is 11.0. The standard InChI is InChI=1S/C21H33N3O3S/c1-13-16-11-12-24(15-9-7-8-10-15)19(16)18(22-20(25)21(3,4)5)14(2)17(13)23-28(6,26)27/h15,23H,7-12H2,1-6H3,(H,22,25). The summed E-state index contributed by atoms with van der Waals surface area (Å²) in [4.78, 5) is 15.3. The fourth-order valence-corrected chi connectivity index (χ4v) is 5.08. The number of carbonyl (C=O) groups excluding carboxylic acids is 1. The van der Waals surface area contributed by atoms with Crippen LogP contribution in [0, 0.1) is 19.3 Å². The predicted molar refractivity (Wildman–Crippen MR) is 116 cm³/mol. The Bertz CT molecular complexity index is 895. The molecular weight excluding hydrogens is 374 g/mol. The Kier molecular flexibility index (Phi) is 5.42. The quantitative estimate of drug-likeness (QED) is 0.792. The van der Waals surface area contributed by atoms with E-state index in [0.29, 0.717) is 11.7 Å². The zero-order valence-corrected chi connectivity index (χ0v) is 18.7. The normalized spacial score (nSPS) is 17.7. The van der Waals surface area contributed by atoms with Gasteiger partial charge in [-0.05, 0) is 49.8 Å². The Morgan fingerprint density at radius 2 is 1.68 bits per heavy atom. The number of anilines is 3. The number of rotatable bonds is 4. The van der Waals surface area contributed by atoms with Crippen LogP contribution in [0.2, 0.25) is 0 Å². The Morgan fingerprint density at radius 3 is 2.21 bits per heavy atom. The van der Waals surface area contributed by atoms with Crippen LogP contribution in [0.3, 0.4) is 0 Å². The van der Waals surface area contributed by atoms with Gasteiger partial charge < -0.3 is 10.2 Å². The van der Waals surface area contributed by atoms with Crippen molar-refractivity contribution in [3.05, 3.63) is 16.7 Å². The van der Waals surface area contributed by atoms with Gasteiger partial charge in [0.1, 0.15) is 0 Å². The van der Waals surface area contributed by atoms with Gasteiger partial charge in [0, 0.05) is 18.0 Å². The molecule has 0 aromatic heterocycles. The summed E-state index contributed by atoms with van der Waals surface area (Å²) in [5.41, 5.74) is 4.81. The summed E-state index contributed by atoms with van der Waals surface area (Å²) in [6.45, 7) is 10.4. The fourth-order valence-electron chi connectivity index (χ4n) is 4.40. The minimum absolute atomic E-state index is 0.0646. The van der Waals surface area contributed by atoms with Gasteiger partial charge in [0.05, 0.1) is 23.3 Å². The largest absolute Gasteiger partial charge is 0.366 e. The van der Waals surface area contributed by atoms with E-state index in [1.165, 1.54) is 25.7 Å². The summed E-state index contributed by atoms with van der Waals surface area (Å²) in [7, 11) is -3.42. The smallest absolute Gasteiger partial charge is 0.229 e. The topological polar surface area (TPSA) is 78.5 Å². The van der Waals surface area contributed by atoms with E-state index in [1.54, 1.807) is 0 Å². The Hall–Kier alpha value is -1.76. The first-order valence-corrected chi connectivity index (χ1v) is 12.0. The SMILES string of the molecule is Cc1c2c(c(NC(=O)C(C)(C)C)c(C)c1NS(C)(=O)=O)N(C1CCCC1)CC2. The van der Waals surface area contributed by atoms with E-state index in [0.717, 1.165) is 47.3 Å². The van der Waals surface area contributed by atoms with Crippen molar-refractivity contribution in [1.82, 2.24) is 0 Å². The van der Waals surface area contributed by atoms with Crippen LogP contribution in [0.5, 0.6) is 0 Å². The third-order valence-corrected chi connectivity index (χ3v) is 6.54. The molecule has 1 aromatic rings. The van der Waals surface area contributed by atoms with Gasteiger partial charge in [-0.25, -0.2) is 8.42 Å². The van der Waals surface area contributed by atoms with E-state index in [9.17, 15) is 13.2 Å². The first-order valence-electron chi connectivity index (χ1n) is 10.1. The number of hydrogen-bond donors (Lipinski definition) is 2. The van der Waals surface area contributed by atoms with Crippen LogP contribution >= 0.6 is 0 Å². The molecule has 1 fully saturated rings. The lowest BCUT2D eigenvalue weighted by atomic mass is 9.93. The summed E-state index contributed by atoms with van der Waals surface area (Å²) in [5.74, 6) is -0.0646. The molecule has 1 saturated carbocycles. The highest BCUT2D eigenvalue weighted by Crippen LogP contribution is 2.47. The molecule has 1 amide bonds. The lowest BCUT2D eigenvalue weighted by molar-refractivity contribution is -0.123. The van der Waals surface area contributed by atoms with Crippen molar-refractivity contribution in [2.24, 2.45) is 5.41 Å². The molecule has 0 atom stereocenters. The highest BCUT2D eigenvalue weighted by molar-refractivity contribution is 7.92. The molecule has 0 spiro atoms. The molecule has 6 nitrogen and oxygen atoms in total. The van der Waals surface area contributed by atoms with Crippen molar-refractivity contribution < 1.29 is 13.2 Å². The minimum Gasteiger partial charge on any atom is -0.366 e. The molecule has 1 aliphatic carbocycles. The third-order valence-electron chi connectivity index (χ3n) is 5.96. The zero-order chi connectivity index (χ0) is 20.9. The molecule has 28 heavy (non-hydrogen) atoms. The fraction of sp³-hybridized carbons (Fsp3) is 0.667. The predicted octanol–water partition coefficient (Wildman–Crippen LogP) is 3.96. The summed E-state index contributed by atoms with van der Waals surface area (Å²) >= 11 is 0. The van der Waals surface area contributed by atoms with Crippen LogP contribution in [0.15, 0.2) is 0 Å². The Labute approximate surface area is 169 Å². The highest BCUT2D eigenvalue weighted by Gasteiger charge is 2.35. The molecule has 0 bridgehead atoms. The number of amides is 1. The minimum atomic E-state index is -3.42. The van der Waals surface area contributed by atoms with Crippen molar-refractivity contribution in [2.75, 3.05) is 27.7 Å². The number of hydrogen-bond acceptors (Lipinski definition) is 4. The molecule has 1 aromatic carbocycles. The van der Waals surface area contributed by atoms with Crippen LogP contribution in [0.1, 0.15) is 63.1 Å². The van der Waals surface area contributed by atoms with Crippen LogP contribution < -0.4 is 14.9 Å². The monoisotopic (exact) mass is 407 g/mol. The van der Waals surface area contributed by atoms with Crippen LogP contribution in [0.4, 0.5) is 17.1 Å². The van der Waals surface area contributed by atoms with Gasteiger partial charge in [0.25, 0.3) is 0 Å². The van der Waals surface area contributed by atoms with Gasteiger partial charge in [-0.3, -0.25) is 9.52 Å². The molecule has 7 heteroatoms. The average molecular weight is 408 g/mol. The molecule has 1 heterocycles. The van der Waals surface area contributed by atoms with Crippen molar-refractivity contribution in [2.45, 2.75) is 72.8 Å². The molecule has 0 unspecified atom stereocenters. The van der Waals surface area contributed by atoms with Crippen LogP contribution in [-0.2, 0) is 21.2 Å². The van der Waals surface area contributed by atoms with Crippen LogP contribution in [-0.4, -0.2) is 33.2 Å². The van der Waals surface area contributed by atoms with Crippen molar-refractivity contribution in [3.63, 3.8) is 0 Å². The van der Waals surface area contributed by atoms with E-state index in [4.69, 9.17) is 0 Å². The molecular formula is C21H33N3O3S. The van der Waals surface area contributed by atoms with E-state index < -0.39 is 15.4 Å². The second kappa shape index (κ2) is 7.25. The summed E-state index contributed by atoms with van der Waals surface area (Å²) in [6.07, 6.45) is 6.87. The van der Waals surface area contributed by atoms with E-state index >= 15 is 0 Å². The average Bonchev–Trinajstić information content (AvgIpc) is 3.22. The number of nitrogens with zero attached hydrogens (tertiary/aromatic N) is 1. The molecule has 1 aliphatic heterocycles. The molecule has 2 aliphatic rings. The summed E-state index contributed by atoms with van der Waals surface area (Å²) in [5, 5.41) is 3.14. The van der Waals surface area contributed by atoms with Gasteiger partial charge in [-0.2, -0.15) is 0 Å². The number of benzene rings is 1. The number of carbonyl (C=O) groups is 1. The lowest BCUT2D eigenvalue weighted by Gasteiger charge is -2.31. The highest BCUT2D eigenvalue weighted by atomic mass is 32.2. The van der Waals surface area contributed by atoms with Gasteiger partial charge in [-0.15, -0.1) is 0 Å². The molecule has 2 N–H and O–H groups in total. The van der Waals surface area contributed by atoms with E-state index in [2.05, 4.69) is 14.9 Å². The van der Waals surface area contributed by atoms with Gasteiger partial charge in [0.15, 0.2) is 0 Å². The van der Waals surface area contributed by atoms with Gasteiger partial charge in [-0.1, -0.05) is 33.6 Å². The lowest BCUT2D eigenvalue weighted by Crippen LogP contribution is -2.33. The number of sulfonamides is 1. The second-order valence-electron chi connectivity index (χ2n) is 9.29. The number of fused-ring (bicyclic) bond motifs is 1. The summed E-state index contributed by atoms with van der Waals surface area (Å²) in [6, 6.07) is 0.499. The van der Waals surface area contributed by atoms with Crippen molar-refractivity contribution >= 4 is 33.0 Å². The van der Waals surface area contributed by atoms with Crippen molar-refractivity contribution in [3.8, 4) is 0 Å². The number of nitrogens with one attached hydrogen (secondary N) is 2. The molecule has 3 rings (SSSR count). The Balaban J connectivity index is 2.17.